The normalized spacial score (nSPS) is 11.4. The van der Waals surface area contributed by atoms with Gasteiger partial charge in [-0.25, -0.2) is 22.0 Å². The van der Waals surface area contributed by atoms with Crippen LogP contribution in [0.15, 0.2) is 0 Å². The third-order valence-electron chi connectivity index (χ3n) is 2.76. The van der Waals surface area contributed by atoms with Crippen LogP contribution < -0.4 is 10.6 Å². The van der Waals surface area contributed by atoms with Gasteiger partial charge in [-0.15, -0.1) is 0 Å². The minimum atomic E-state index is -2.23. The van der Waals surface area contributed by atoms with E-state index in [4.69, 9.17) is 0 Å². The van der Waals surface area contributed by atoms with Gasteiger partial charge in [0.15, 0.2) is 23.3 Å². The molecule has 0 saturated carbocycles. The molecular weight excluding hydrogens is 283 g/mol. The van der Waals surface area contributed by atoms with Gasteiger partial charge < -0.3 is 10.6 Å². The first kappa shape index (κ1) is 16.2. The lowest BCUT2D eigenvalue weighted by molar-refractivity contribution is -0.128. The lowest BCUT2D eigenvalue weighted by Gasteiger charge is -2.23. The van der Waals surface area contributed by atoms with E-state index < -0.39 is 46.1 Å². The summed E-state index contributed by atoms with van der Waals surface area (Å²) in [6.07, 6.45) is 0. The highest BCUT2D eigenvalue weighted by Crippen LogP contribution is 2.28. The molecule has 3 nitrogen and oxygen atoms in total. The molecule has 1 amide bonds. The molecule has 0 aromatic heterocycles. The fraction of sp³-hybridized carbons (Fsp3) is 0.417. The van der Waals surface area contributed by atoms with Crippen molar-refractivity contribution in [2.75, 3.05) is 18.9 Å². The Kier molecular flexibility index (Phi) is 4.57. The van der Waals surface area contributed by atoms with Gasteiger partial charge in [0.2, 0.25) is 11.7 Å². The van der Waals surface area contributed by atoms with E-state index in [0.717, 1.165) is 0 Å². The summed E-state index contributed by atoms with van der Waals surface area (Å²) in [5.41, 5.74) is -2.26. The molecule has 0 unspecified atom stereocenters. The minimum Gasteiger partial charge on any atom is -0.379 e. The number of anilines is 1. The van der Waals surface area contributed by atoms with E-state index in [-0.39, 0.29) is 6.54 Å². The average molecular weight is 296 g/mol. The molecule has 0 fully saturated rings. The second kappa shape index (κ2) is 5.64. The van der Waals surface area contributed by atoms with Crippen LogP contribution in [0.2, 0.25) is 0 Å². The van der Waals surface area contributed by atoms with Crippen LogP contribution in [-0.4, -0.2) is 19.5 Å². The van der Waals surface area contributed by atoms with E-state index in [1.165, 1.54) is 20.9 Å². The van der Waals surface area contributed by atoms with E-state index in [9.17, 15) is 26.7 Å². The fourth-order valence-electron chi connectivity index (χ4n) is 1.49. The van der Waals surface area contributed by atoms with Gasteiger partial charge in [-0.1, -0.05) is 0 Å². The monoisotopic (exact) mass is 296 g/mol. The first-order chi connectivity index (χ1) is 9.13. The van der Waals surface area contributed by atoms with Gasteiger partial charge in [0, 0.05) is 13.6 Å². The van der Waals surface area contributed by atoms with Crippen molar-refractivity contribution >= 4 is 11.6 Å². The van der Waals surface area contributed by atoms with Crippen LogP contribution in [0.4, 0.5) is 27.6 Å². The SMILES string of the molecule is CNC(=O)C(C)(C)CNc1c(F)c(F)c(F)c(F)c1F. The van der Waals surface area contributed by atoms with Gasteiger partial charge in [-0.2, -0.15) is 0 Å². The van der Waals surface area contributed by atoms with E-state index in [1.807, 2.05) is 0 Å². The zero-order valence-corrected chi connectivity index (χ0v) is 11.0. The molecule has 1 rings (SSSR count). The Labute approximate surface area is 112 Å². The standard InChI is InChI=1S/C12H13F5N2O/c1-12(2,11(20)18-3)4-19-10-8(16)6(14)5(13)7(15)9(10)17/h19H,4H2,1-3H3,(H,18,20). The van der Waals surface area contributed by atoms with Crippen LogP contribution >= 0.6 is 0 Å². The summed E-state index contributed by atoms with van der Waals surface area (Å²) in [5.74, 6) is -10.7. The van der Waals surface area contributed by atoms with E-state index in [1.54, 1.807) is 0 Å². The Morgan fingerprint density at radius 2 is 1.35 bits per heavy atom. The number of hydrogen-bond donors (Lipinski definition) is 2. The summed E-state index contributed by atoms with van der Waals surface area (Å²) in [5, 5.41) is 4.42. The summed E-state index contributed by atoms with van der Waals surface area (Å²) in [4.78, 5) is 11.5. The first-order valence-corrected chi connectivity index (χ1v) is 5.61. The Bertz CT molecular complexity index is 516. The molecule has 0 spiro atoms. The van der Waals surface area contributed by atoms with Crippen LogP contribution in [0.1, 0.15) is 13.8 Å². The van der Waals surface area contributed by atoms with E-state index >= 15 is 0 Å². The van der Waals surface area contributed by atoms with Crippen molar-refractivity contribution in [1.82, 2.24) is 5.32 Å². The number of rotatable bonds is 4. The highest BCUT2D eigenvalue weighted by atomic mass is 19.2. The summed E-state index contributed by atoms with van der Waals surface area (Å²) < 4.78 is 65.5. The quantitative estimate of drug-likeness (QED) is 0.509. The highest BCUT2D eigenvalue weighted by Gasteiger charge is 2.30. The molecule has 1 aromatic carbocycles. The average Bonchev–Trinajstić information content (AvgIpc) is 2.41. The van der Waals surface area contributed by atoms with E-state index in [2.05, 4.69) is 10.6 Å². The molecule has 2 N–H and O–H groups in total. The van der Waals surface area contributed by atoms with Crippen LogP contribution in [0.5, 0.6) is 0 Å². The molecule has 112 valence electrons. The molecule has 8 heteroatoms. The predicted molar refractivity (Wildman–Crippen MR) is 62.6 cm³/mol. The van der Waals surface area contributed by atoms with Gasteiger partial charge in [-0.3, -0.25) is 4.79 Å². The second-order valence-corrected chi connectivity index (χ2v) is 4.76. The van der Waals surface area contributed by atoms with Gasteiger partial charge in [0.1, 0.15) is 5.69 Å². The molecule has 0 atom stereocenters. The lowest BCUT2D eigenvalue weighted by Crippen LogP contribution is -2.39. The van der Waals surface area contributed by atoms with Crippen LogP contribution in [0.3, 0.4) is 0 Å². The Morgan fingerprint density at radius 1 is 0.950 bits per heavy atom. The van der Waals surface area contributed by atoms with Crippen molar-refractivity contribution in [1.29, 1.82) is 0 Å². The van der Waals surface area contributed by atoms with Crippen LogP contribution in [0, 0.1) is 34.5 Å². The zero-order chi connectivity index (χ0) is 15.7. The van der Waals surface area contributed by atoms with Gasteiger partial charge in [0.25, 0.3) is 0 Å². The third kappa shape index (κ3) is 2.83. The zero-order valence-electron chi connectivity index (χ0n) is 11.0. The van der Waals surface area contributed by atoms with Crippen molar-refractivity contribution in [3.8, 4) is 0 Å². The van der Waals surface area contributed by atoms with Gasteiger partial charge >= 0.3 is 0 Å². The topological polar surface area (TPSA) is 41.1 Å². The highest BCUT2D eigenvalue weighted by molar-refractivity contribution is 5.82. The third-order valence-corrected chi connectivity index (χ3v) is 2.76. The molecule has 20 heavy (non-hydrogen) atoms. The Balaban J connectivity index is 3.09. The van der Waals surface area contributed by atoms with E-state index in [0.29, 0.717) is 0 Å². The summed E-state index contributed by atoms with van der Waals surface area (Å²) >= 11 is 0. The number of carbonyl (C=O) groups is 1. The Morgan fingerprint density at radius 3 is 1.75 bits per heavy atom. The largest absolute Gasteiger partial charge is 0.379 e. The fourth-order valence-corrected chi connectivity index (χ4v) is 1.49. The number of amides is 1. The molecular formula is C12H13F5N2O. The molecule has 0 aliphatic carbocycles. The molecule has 0 saturated heterocycles. The number of benzene rings is 1. The molecule has 0 aliphatic heterocycles. The van der Waals surface area contributed by atoms with Crippen LogP contribution in [-0.2, 0) is 4.79 Å². The van der Waals surface area contributed by atoms with Crippen molar-refractivity contribution in [3.05, 3.63) is 29.1 Å². The minimum absolute atomic E-state index is 0.314. The van der Waals surface area contributed by atoms with Crippen molar-refractivity contribution in [2.45, 2.75) is 13.8 Å². The number of hydrogen-bond acceptors (Lipinski definition) is 2. The summed E-state index contributed by atoms with van der Waals surface area (Å²) in [6.45, 7) is 2.58. The maximum absolute atomic E-state index is 13.4. The van der Waals surface area contributed by atoms with Gasteiger partial charge in [-0.05, 0) is 13.8 Å². The molecule has 1 aromatic rings. The lowest BCUT2D eigenvalue weighted by atomic mass is 9.92. The molecule has 0 aliphatic rings. The number of carbonyl (C=O) groups excluding carboxylic acids is 1. The van der Waals surface area contributed by atoms with Gasteiger partial charge in [0.05, 0.1) is 5.41 Å². The first-order valence-electron chi connectivity index (χ1n) is 5.61. The molecule has 0 bridgehead atoms. The summed E-state index contributed by atoms with van der Waals surface area (Å²) in [6, 6.07) is 0. The van der Waals surface area contributed by atoms with Crippen LogP contribution in [0.25, 0.3) is 0 Å². The second-order valence-electron chi connectivity index (χ2n) is 4.76. The van der Waals surface area contributed by atoms with Crippen molar-refractivity contribution in [3.63, 3.8) is 0 Å². The predicted octanol–water partition coefficient (Wildman–Crippen LogP) is 2.57. The maximum Gasteiger partial charge on any atom is 0.227 e. The smallest absolute Gasteiger partial charge is 0.227 e. The van der Waals surface area contributed by atoms with Crippen molar-refractivity contribution < 1.29 is 26.7 Å². The summed E-state index contributed by atoms with van der Waals surface area (Å²) in [7, 11) is 1.36. The number of nitrogens with one attached hydrogen (secondary N) is 2. The molecule has 0 heterocycles. The van der Waals surface area contributed by atoms with Crippen molar-refractivity contribution in [2.24, 2.45) is 5.41 Å². The number of halogens is 5. The Hall–Kier alpha value is -1.86. The maximum atomic E-state index is 13.4. The molecule has 0 radical (unpaired) electrons.